The van der Waals surface area contributed by atoms with E-state index in [9.17, 15) is 0 Å². The molecule has 3 N–H and O–H groups in total. The van der Waals surface area contributed by atoms with Crippen LogP contribution in [0.4, 0.5) is 11.8 Å². The van der Waals surface area contributed by atoms with Crippen LogP contribution in [0.5, 0.6) is 0 Å². The zero-order chi connectivity index (χ0) is 18.3. The highest BCUT2D eigenvalue weighted by atomic mass is 35.5. The molecule has 4 rings (SSSR count). The van der Waals surface area contributed by atoms with Crippen LogP contribution in [0.3, 0.4) is 0 Å². The van der Waals surface area contributed by atoms with Crippen molar-refractivity contribution in [1.29, 1.82) is 0 Å². The summed E-state index contributed by atoms with van der Waals surface area (Å²) in [6, 6.07) is 16.6. The van der Waals surface area contributed by atoms with Crippen LogP contribution in [-0.2, 0) is 0 Å². The molecule has 0 bridgehead atoms. The van der Waals surface area contributed by atoms with E-state index in [1.165, 1.54) is 16.7 Å². The lowest BCUT2D eigenvalue weighted by molar-refractivity contribution is 1.02. The van der Waals surface area contributed by atoms with Gasteiger partial charge in [-0.2, -0.15) is 4.98 Å². The van der Waals surface area contributed by atoms with E-state index in [0.717, 1.165) is 28.5 Å². The highest BCUT2D eigenvalue weighted by Gasteiger charge is 2.38. The number of benzene rings is 2. The molecule has 0 radical (unpaired) electrons. The van der Waals surface area contributed by atoms with E-state index >= 15 is 0 Å². The summed E-state index contributed by atoms with van der Waals surface area (Å²) in [5.74, 6) is 1.54. The molecule has 1 heterocycles. The topological polar surface area (TPSA) is 63.8 Å². The second-order valence-electron chi connectivity index (χ2n) is 6.89. The molecule has 4 nitrogen and oxygen atoms in total. The maximum Gasteiger partial charge on any atom is 0.222 e. The van der Waals surface area contributed by atoms with Gasteiger partial charge in [0, 0.05) is 28.6 Å². The van der Waals surface area contributed by atoms with Gasteiger partial charge in [0.2, 0.25) is 5.95 Å². The predicted octanol–water partition coefficient (Wildman–Crippen LogP) is 4.96. The Morgan fingerprint density at radius 2 is 1.85 bits per heavy atom. The molecule has 1 aromatic heterocycles. The molecule has 0 aliphatic heterocycles. The molecule has 2 unspecified atom stereocenters. The van der Waals surface area contributed by atoms with Gasteiger partial charge in [0.15, 0.2) is 0 Å². The molecule has 1 saturated carbocycles. The Morgan fingerprint density at radius 3 is 2.62 bits per heavy atom. The second-order valence-corrected chi connectivity index (χ2v) is 7.33. The molecule has 0 spiro atoms. The molecule has 2 atom stereocenters. The van der Waals surface area contributed by atoms with Crippen molar-refractivity contribution >= 4 is 23.4 Å². The number of nitrogens with zero attached hydrogens (tertiary/aromatic N) is 2. The SMILES string of the molecule is Cc1cccc(-c2cc(NC3CC3c3ccc(Cl)cc3)nc(N)n2)c1C. The van der Waals surface area contributed by atoms with Gasteiger partial charge in [0.1, 0.15) is 5.82 Å². The number of nitrogen functional groups attached to an aromatic ring is 1. The summed E-state index contributed by atoms with van der Waals surface area (Å²) in [5, 5.41) is 4.26. The quantitative estimate of drug-likeness (QED) is 0.686. The molecule has 3 aromatic rings. The third-order valence-electron chi connectivity index (χ3n) is 5.05. The van der Waals surface area contributed by atoms with Crippen LogP contribution in [0.15, 0.2) is 48.5 Å². The maximum atomic E-state index is 5.97. The molecule has 1 aliphatic carbocycles. The summed E-state index contributed by atoms with van der Waals surface area (Å²) in [5.41, 5.74) is 11.6. The van der Waals surface area contributed by atoms with Crippen molar-refractivity contribution in [3.63, 3.8) is 0 Å². The lowest BCUT2D eigenvalue weighted by atomic mass is 10.0. The van der Waals surface area contributed by atoms with Crippen LogP contribution in [0.2, 0.25) is 5.02 Å². The third kappa shape index (κ3) is 3.37. The molecular formula is C21H21ClN4. The van der Waals surface area contributed by atoms with E-state index in [2.05, 4.69) is 53.4 Å². The number of halogens is 1. The van der Waals surface area contributed by atoms with Crippen molar-refractivity contribution in [3.8, 4) is 11.3 Å². The van der Waals surface area contributed by atoms with Gasteiger partial charge in [-0.1, -0.05) is 41.9 Å². The van der Waals surface area contributed by atoms with E-state index in [-0.39, 0.29) is 5.95 Å². The first-order valence-corrected chi connectivity index (χ1v) is 9.12. The van der Waals surface area contributed by atoms with Gasteiger partial charge in [-0.15, -0.1) is 0 Å². The molecule has 1 fully saturated rings. The van der Waals surface area contributed by atoms with Crippen molar-refractivity contribution in [2.24, 2.45) is 0 Å². The number of anilines is 2. The van der Waals surface area contributed by atoms with Gasteiger partial charge in [-0.05, 0) is 49.1 Å². The Kier molecular flexibility index (Phi) is 4.29. The monoisotopic (exact) mass is 364 g/mol. The minimum Gasteiger partial charge on any atom is -0.368 e. The van der Waals surface area contributed by atoms with Gasteiger partial charge in [-0.25, -0.2) is 4.98 Å². The van der Waals surface area contributed by atoms with Crippen LogP contribution in [0, 0.1) is 13.8 Å². The Bertz CT molecular complexity index is 953. The zero-order valence-electron chi connectivity index (χ0n) is 14.8. The predicted molar refractivity (Wildman–Crippen MR) is 108 cm³/mol. The highest BCUT2D eigenvalue weighted by molar-refractivity contribution is 6.30. The van der Waals surface area contributed by atoms with Crippen LogP contribution in [0.25, 0.3) is 11.3 Å². The number of aryl methyl sites for hydroxylation is 1. The lowest BCUT2D eigenvalue weighted by Crippen LogP contribution is -2.08. The largest absolute Gasteiger partial charge is 0.368 e. The number of nitrogens with one attached hydrogen (secondary N) is 1. The van der Waals surface area contributed by atoms with Gasteiger partial charge in [0.05, 0.1) is 5.69 Å². The normalized spacial score (nSPS) is 18.6. The van der Waals surface area contributed by atoms with Crippen LogP contribution >= 0.6 is 11.6 Å². The van der Waals surface area contributed by atoms with E-state index < -0.39 is 0 Å². The maximum absolute atomic E-state index is 5.97. The van der Waals surface area contributed by atoms with E-state index in [1.54, 1.807) is 0 Å². The molecule has 5 heteroatoms. The zero-order valence-corrected chi connectivity index (χ0v) is 15.6. The Morgan fingerprint density at radius 1 is 1.08 bits per heavy atom. The van der Waals surface area contributed by atoms with Crippen LogP contribution in [-0.4, -0.2) is 16.0 Å². The minimum atomic E-state index is 0.287. The number of nitrogens with two attached hydrogens (primary N) is 1. The summed E-state index contributed by atoms with van der Waals surface area (Å²) >= 11 is 5.97. The number of hydrogen-bond donors (Lipinski definition) is 2. The minimum absolute atomic E-state index is 0.287. The van der Waals surface area contributed by atoms with Crippen LogP contribution < -0.4 is 11.1 Å². The number of hydrogen-bond acceptors (Lipinski definition) is 4. The molecule has 1 aliphatic rings. The van der Waals surface area contributed by atoms with Crippen molar-refractivity contribution in [3.05, 3.63) is 70.2 Å². The first-order chi connectivity index (χ1) is 12.5. The molecule has 26 heavy (non-hydrogen) atoms. The van der Waals surface area contributed by atoms with E-state index in [4.69, 9.17) is 17.3 Å². The van der Waals surface area contributed by atoms with Gasteiger partial charge >= 0.3 is 0 Å². The average Bonchev–Trinajstić information content (AvgIpc) is 3.36. The van der Waals surface area contributed by atoms with Crippen molar-refractivity contribution < 1.29 is 0 Å². The third-order valence-corrected chi connectivity index (χ3v) is 5.30. The van der Waals surface area contributed by atoms with Gasteiger partial charge < -0.3 is 11.1 Å². The first-order valence-electron chi connectivity index (χ1n) is 8.74. The van der Waals surface area contributed by atoms with E-state index in [1.807, 2.05) is 24.3 Å². The summed E-state index contributed by atoms with van der Waals surface area (Å²) in [6.07, 6.45) is 1.07. The molecule has 2 aromatic carbocycles. The average molecular weight is 365 g/mol. The fourth-order valence-corrected chi connectivity index (χ4v) is 3.46. The van der Waals surface area contributed by atoms with Crippen LogP contribution in [0.1, 0.15) is 29.0 Å². The molecule has 0 amide bonds. The molecule has 0 saturated heterocycles. The van der Waals surface area contributed by atoms with E-state index in [0.29, 0.717) is 12.0 Å². The summed E-state index contributed by atoms with van der Waals surface area (Å²) in [7, 11) is 0. The molecule has 132 valence electrons. The van der Waals surface area contributed by atoms with Crippen molar-refractivity contribution in [2.45, 2.75) is 32.2 Å². The second kappa shape index (κ2) is 6.61. The molecular weight excluding hydrogens is 344 g/mol. The van der Waals surface area contributed by atoms with Crippen molar-refractivity contribution in [1.82, 2.24) is 9.97 Å². The van der Waals surface area contributed by atoms with Gasteiger partial charge in [-0.3, -0.25) is 0 Å². The standard InChI is InChI=1S/C21H21ClN4/c1-12-4-3-5-16(13(12)2)19-11-20(26-21(23)25-19)24-18-10-17(18)14-6-8-15(22)9-7-14/h3-9,11,17-18H,10H2,1-2H3,(H3,23,24,25,26). The highest BCUT2D eigenvalue weighted by Crippen LogP contribution is 2.43. The summed E-state index contributed by atoms with van der Waals surface area (Å²) in [4.78, 5) is 8.80. The Labute approximate surface area is 158 Å². The fourth-order valence-electron chi connectivity index (χ4n) is 3.33. The fraction of sp³-hybridized carbons (Fsp3) is 0.238. The summed E-state index contributed by atoms with van der Waals surface area (Å²) < 4.78 is 0. The summed E-state index contributed by atoms with van der Waals surface area (Å²) in [6.45, 7) is 4.21. The number of aromatic nitrogens is 2. The first kappa shape index (κ1) is 16.9. The number of rotatable bonds is 4. The Hall–Kier alpha value is -2.59. The lowest BCUT2D eigenvalue weighted by Gasteiger charge is -2.11. The Balaban J connectivity index is 1.56. The van der Waals surface area contributed by atoms with Crippen molar-refractivity contribution in [2.75, 3.05) is 11.1 Å². The smallest absolute Gasteiger partial charge is 0.222 e. The van der Waals surface area contributed by atoms with Gasteiger partial charge in [0.25, 0.3) is 0 Å².